The summed E-state index contributed by atoms with van der Waals surface area (Å²) in [5, 5.41) is 60.7. The molecule has 0 saturated carbocycles. The molecule has 35 nitrogen and oxygen atoms in total. The van der Waals surface area contributed by atoms with Gasteiger partial charge in [-0.25, -0.2) is 0 Å². The minimum atomic E-state index is -2.44. The summed E-state index contributed by atoms with van der Waals surface area (Å²) in [4.78, 5) is 154. The van der Waals surface area contributed by atoms with Crippen LogP contribution in [-0.4, -0.2) is 271 Å². The number of aliphatic carboxylic acids is 1. The van der Waals surface area contributed by atoms with Crippen LogP contribution in [0.1, 0.15) is 70.9 Å². The average molecular weight is 1440 g/mol. The van der Waals surface area contributed by atoms with Gasteiger partial charge in [-0.05, 0) is 23.6 Å². The molecule has 0 radical (unpaired) electrons. The molecule has 1 fully saturated rings. The summed E-state index contributed by atoms with van der Waals surface area (Å²) in [6.07, 6.45) is -3.22. The van der Waals surface area contributed by atoms with Crippen LogP contribution >= 0.6 is 11.8 Å². The Hall–Kier alpha value is -7.59. The summed E-state index contributed by atoms with van der Waals surface area (Å²) in [5.41, 5.74) is 13.2. The van der Waals surface area contributed by atoms with Gasteiger partial charge in [0.15, 0.2) is 5.78 Å². The number of H-pyrrole nitrogens is 1. The van der Waals surface area contributed by atoms with Crippen LogP contribution in [0.4, 0.5) is 0 Å². The molecule has 552 valence electrons. The Labute approximate surface area is 578 Å². The van der Waals surface area contributed by atoms with Gasteiger partial charge in [-0.3, -0.25) is 62.0 Å². The second-order valence-corrected chi connectivity index (χ2v) is 26.8. The van der Waals surface area contributed by atoms with E-state index in [9.17, 15) is 68.1 Å². The van der Waals surface area contributed by atoms with Gasteiger partial charge >= 0.3 is 5.97 Å². The summed E-state index contributed by atoms with van der Waals surface area (Å²) < 4.78 is 49.5. The van der Waals surface area contributed by atoms with Crippen LogP contribution in [-0.2, 0) is 99.4 Å². The fourth-order valence-electron chi connectivity index (χ4n) is 11.1. The van der Waals surface area contributed by atoms with E-state index in [4.69, 9.17) is 39.3 Å². The summed E-state index contributed by atoms with van der Waals surface area (Å²) in [7, 11) is -1.01. The van der Waals surface area contributed by atoms with E-state index in [2.05, 4.69) is 53.2 Å². The van der Waals surface area contributed by atoms with Crippen molar-refractivity contribution in [1.29, 1.82) is 0 Å². The number of hydrogen-bond donors (Lipinski definition) is 15. The number of carbonyl (C=O) groups excluding carboxylic acids is 10. The van der Waals surface area contributed by atoms with Crippen LogP contribution in [0.25, 0.3) is 10.9 Å². The first-order chi connectivity index (χ1) is 47.3. The molecular weight excluding hydrogens is 1340 g/mol. The van der Waals surface area contributed by atoms with Crippen molar-refractivity contribution >= 4 is 98.4 Å². The molecule has 16 N–H and O–H groups in total. The molecule has 1 saturated heterocycles. The molecule has 4 aliphatic rings. The maximum absolute atomic E-state index is 15.3. The highest BCUT2D eigenvalue weighted by atomic mass is 32.2. The third-order valence-electron chi connectivity index (χ3n) is 17.0. The van der Waals surface area contributed by atoms with Crippen molar-refractivity contribution in [2.24, 2.45) is 29.4 Å². The van der Waals surface area contributed by atoms with Crippen LogP contribution < -0.4 is 58.6 Å². The van der Waals surface area contributed by atoms with Gasteiger partial charge in [0.05, 0.1) is 158 Å². The molecule has 0 spiro atoms. The van der Waals surface area contributed by atoms with E-state index in [1.807, 2.05) is 0 Å². The number of aromatic nitrogens is 1. The number of nitrogens with two attached hydrogens (primary N) is 1. The first-order valence-electron chi connectivity index (χ1n) is 32.7. The van der Waals surface area contributed by atoms with Gasteiger partial charge in [0, 0.05) is 72.7 Å². The molecule has 2 aromatic rings. The van der Waals surface area contributed by atoms with Gasteiger partial charge < -0.3 is 107 Å². The molecule has 1 aromatic heterocycles. The van der Waals surface area contributed by atoms with Crippen LogP contribution in [0.2, 0.25) is 0 Å². The number of aliphatic hydroxyl groups is 3. The Morgan fingerprint density at radius 3 is 2.10 bits per heavy atom. The summed E-state index contributed by atoms with van der Waals surface area (Å²) in [5.74, 6) is -13.5. The van der Waals surface area contributed by atoms with Crippen molar-refractivity contribution in [1.82, 2.24) is 63.1 Å². The molecule has 2 bridgehead atoms. The average Bonchev–Trinajstić information content (AvgIpc) is 1.62. The number of aliphatic hydroxyl groups excluding tert-OH is 3. The Kier molecular flexibility index (Phi) is 33.0. The van der Waals surface area contributed by atoms with Gasteiger partial charge in [0.1, 0.15) is 41.0 Å². The molecule has 99 heavy (non-hydrogen) atoms. The van der Waals surface area contributed by atoms with Crippen LogP contribution in [0.5, 0.6) is 5.75 Å². The number of fused-ring (bicyclic) bond motifs is 5. The monoisotopic (exact) mass is 1440 g/mol. The number of ether oxygens (including phenoxy) is 6. The number of thioether (sulfide) groups is 1. The molecule has 9 amide bonds. The highest BCUT2D eigenvalue weighted by Gasteiger charge is 2.45. The topological polar surface area (TPSA) is 498 Å². The van der Waals surface area contributed by atoms with E-state index in [0.717, 1.165) is 4.90 Å². The Bertz CT molecular complexity index is 3200. The minimum absolute atomic E-state index is 0.115. The second-order valence-electron chi connectivity index (χ2n) is 24.3. The number of hydrazine groups is 2. The number of amides is 9. The number of carboxylic acid groups (broad SMARTS) is 1. The maximum Gasteiger partial charge on any atom is 0.306 e. The lowest BCUT2D eigenvalue weighted by atomic mass is 9.86. The molecule has 5 heterocycles. The zero-order valence-corrected chi connectivity index (χ0v) is 57.8. The molecule has 12 atom stereocenters. The van der Waals surface area contributed by atoms with Crippen molar-refractivity contribution in [3.63, 3.8) is 0 Å². The van der Waals surface area contributed by atoms with Crippen LogP contribution in [0, 0.1) is 23.7 Å². The normalized spacial score (nSPS) is 23.6. The number of carboxylic acids is 1. The third kappa shape index (κ3) is 24.6. The number of carbonyl (C=O) groups is 11. The summed E-state index contributed by atoms with van der Waals surface area (Å²) in [6, 6.07) is -5.61. The van der Waals surface area contributed by atoms with Gasteiger partial charge in [-0.15, -0.1) is 5.53 Å². The number of benzene rings is 1. The van der Waals surface area contributed by atoms with Crippen LogP contribution in [0.3, 0.4) is 0 Å². The minimum Gasteiger partial charge on any atom is -0.496 e. The number of hydrogen-bond acceptors (Lipinski definition) is 25. The highest BCUT2D eigenvalue weighted by Crippen LogP contribution is 2.36. The number of rotatable bonds is 33. The number of ketones is 1. The lowest BCUT2D eigenvalue weighted by molar-refractivity contribution is -0.144. The Morgan fingerprint density at radius 1 is 0.808 bits per heavy atom. The SMILES string of the molecule is CC[C@H](C)[C@@H]1CC(=O)CNC(=O)[C@@H]2Cc3c([nH]c4c(CSCCOCCOCCOCCOCCOCCN5C=C(CNC(=O)CC(C)C(=O)O)NN5)c(OC)ccc34)S(=O)C[C@@H](NC(=O)CNC1=O)C(=O)N[C@@H](CC(N)=O)C(=O)N1C[C@H](O)C[C@H]1C(=O)N[C@@H]([C@@H](C)[C@@H](O)CO)C(=O)N2. The maximum atomic E-state index is 15.3. The molecule has 1 aromatic carbocycles. The fourth-order valence-corrected chi connectivity index (χ4v) is 13.4. The number of nitrogens with zero attached hydrogens (tertiary/aromatic N) is 2. The highest BCUT2D eigenvalue weighted by molar-refractivity contribution is 7.98. The lowest BCUT2D eigenvalue weighted by Crippen LogP contribution is -2.62. The van der Waals surface area contributed by atoms with Crippen molar-refractivity contribution < 1.29 is 106 Å². The number of nitrogens with one attached hydrogen (secondary N) is 10. The Balaban J connectivity index is 1.14. The quantitative estimate of drug-likeness (QED) is 0.0298. The zero-order valence-electron chi connectivity index (χ0n) is 56.2. The predicted molar refractivity (Wildman–Crippen MR) is 354 cm³/mol. The molecule has 37 heteroatoms. The van der Waals surface area contributed by atoms with E-state index in [-0.39, 0.29) is 55.0 Å². The Morgan fingerprint density at radius 2 is 1.46 bits per heavy atom. The molecular formula is C62H95N13O22S2. The van der Waals surface area contributed by atoms with Gasteiger partial charge in [-0.2, -0.15) is 11.8 Å². The van der Waals surface area contributed by atoms with Crippen molar-refractivity contribution in [2.45, 2.75) is 119 Å². The summed E-state index contributed by atoms with van der Waals surface area (Å²) >= 11 is 1.43. The zero-order chi connectivity index (χ0) is 72.3. The first kappa shape index (κ1) is 80.4. The molecule has 2 unspecified atom stereocenters. The van der Waals surface area contributed by atoms with Crippen molar-refractivity contribution in [3.05, 3.63) is 35.2 Å². The van der Waals surface area contributed by atoms with E-state index in [1.54, 1.807) is 37.2 Å². The first-order valence-corrected chi connectivity index (χ1v) is 35.2. The van der Waals surface area contributed by atoms with E-state index in [0.29, 0.717) is 92.9 Å². The molecule has 0 aliphatic carbocycles. The molecule has 4 aliphatic heterocycles. The van der Waals surface area contributed by atoms with Crippen LogP contribution in [0.15, 0.2) is 29.1 Å². The second kappa shape index (κ2) is 40.6. The van der Waals surface area contributed by atoms with Crippen molar-refractivity contribution in [3.8, 4) is 5.75 Å². The van der Waals surface area contributed by atoms with E-state index in [1.165, 1.54) is 32.7 Å². The number of Topliss-reactive ketones (excluding diaryl/α,β-unsaturated/α-hetero) is 1. The largest absolute Gasteiger partial charge is 0.496 e. The standard InChI is InChI=1S/C62H95N13O22S2/c1-6-34(2)41-22-38(77)27-65-56(84)44-24-42-40-7-8-49(92-5)43(32-98-20-19-97-18-17-96-16-15-95-14-13-94-12-11-93-10-9-74-29-37(72-73-74)26-64-51(81)21-35(3)62(89)90)54(40)71-60(42)99(91)33-46(67-52(82)28-66-55(41)83)57(85)69-45(25-50(63)80)61(88)75-30-39(78)23-47(75)58(86)70-53(59(87)68-44)36(4)48(79)31-76/h7-8,29,34-36,39,41,44-48,53,71-73,76,78-79H,6,9-28,30-33H2,1-5H3,(H2,63,80)(H,64,81)(H,65,84)(H,66,83)(H,67,82)(H,68,87)(H,69,85)(H,70,86)(H,89,90)/t34-,35?,36-,39+,41-,44-,45-,46+,47-,48-,53-,99?/m0/s1. The summed E-state index contributed by atoms with van der Waals surface area (Å²) in [6.45, 7) is 7.35. The van der Waals surface area contributed by atoms with E-state index >= 15 is 4.21 Å². The fraction of sp³-hybridized carbons (Fsp3) is 0.661. The lowest BCUT2D eigenvalue weighted by Gasteiger charge is -2.32. The van der Waals surface area contributed by atoms with E-state index < -0.39 is 194 Å². The van der Waals surface area contributed by atoms with Gasteiger partial charge in [0.25, 0.3) is 0 Å². The number of primary amides is 1. The predicted octanol–water partition coefficient (Wildman–Crippen LogP) is -4.82. The number of methoxy groups -OCH3 is 1. The van der Waals surface area contributed by atoms with Gasteiger partial charge in [-0.1, -0.05) is 34.1 Å². The third-order valence-corrected chi connectivity index (χ3v) is 19.4. The molecule has 6 rings (SSSR count). The van der Waals surface area contributed by atoms with Gasteiger partial charge in [0.2, 0.25) is 53.2 Å². The number of aromatic amines is 1. The van der Waals surface area contributed by atoms with Crippen molar-refractivity contribution in [2.75, 3.05) is 124 Å². The smallest absolute Gasteiger partial charge is 0.306 e.